The predicted molar refractivity (Wildman–Crippen MR) is 54.8 cm³/mol. The van der Waals surface area contributed by atoms with E-state index < -0.39 is 11.6 Å². The van der Waals surface area contributed by atoms with Gasteiger partial charge in [-0.05, 0) is 18.6 Å². The van der Waals surface area contributed by atoms with Gasteiger partial charge in [-0.25, -0.2) is 0 Å². The van der Waals surface area contributed by atoms with Crippen molar-refractivity contribution in [2.75, 3.05) is 0 Å². The molecule has 1 aromatic rings. The van der Waals surface area contributed by atoms with E-state index in [9.17, 15) is 14.4 Å². The molecule has 0 aliphatic rings. The highest BCUT2D eigenvalue weighted by molar-refractivity contribution is 6.40. The molecule has 4 heteroatoms. The quantitative estimate of drug-likeness (QED) is 0.421. The first-order chi connectivity index (χ1) is 6.91. The van der Waals surface area contributed by atoms with E-state index in [1.807, 2.05) is 6.92 Å². The van der Waals surface area contributed by atoms with Crippen molar-refractivity contribution in [3.63, 3.8) is 0 Å². The van der Waals surface area contributed by atoms with Crippen molar-refractivity contribution in [1.29, 1.82) is 0 Å². The maximum Gasteiger partial charge on any atom is 0.205 e. The van der Waals surface area contributed by atoms with Crippen LogP contribution in [0.3, 0.4) is 0 Å². The highest BCUT2D eigenvalue weighted by Crippen LogP contribution is 2.08. The van der Waals surface area contributed by atoms with E-state index in [1.54, 1.807) is 23.9 Å². The van der Waals surface area contributed by atoms with Crippen molar-refractivity contribution in [3.8, 4) is 0 Å². The fourth-order valence-electron chi connectivity index (χ4n) is 1.37. The number of Topliss-reactive ketones (excluding diaryl/α,β-unsaturated/α-hetero) is 3. The fraction of sp³-hybridized carbons (Fsp3) is 0.364. The summed E-state index contributed by atoms with van der Waals surface area (Å²) in [6.45, 7) is 3.04. The topological polar surface area (TPSA) is 56.1 Å². The van der Waals surface area contributed by atoms with Crippen LogP contribution in [-0.2, 0) is 16.6 Å². The molecule has 0 aromatic carbocycles. The Kier molecular flexibility index (Phi) is 3.19. The Morgan fingerprint density at radius 3 is 2.33 bits per heavy atom. The molecular formula is C11H13NO3. The van der Waals surface area contributed by atoms with Crippen LogP contribution in [0.15, 0.2) is 12.3 Å². The van der Waals surface area contributed by atoms with Crippen LogP contribution in [0.2, 0.25) is 0 Å². The van der Waals surface area contributed by atoms with Gasteiger partial charge in [0.25, 0.3) is 0 Å². The normalized spacial score (nSPS) is 10.1. The molecule has 1 aromatic heterocycles. The average molecular weight is 207 g/mol. The second kappa shape index (κ2) is 4.21. The van der Waals surface area contributed by atoms with E-state index >= 15 is 0 Å². The third kappa shape index (κ3) is 2.62. The van der Waals surface area contributed by atoms with Gasteiger partial charge in [-0.1, -0.05) is 0 Å². The average Bonchev–Trinajstić information content (AvgIpc) is 2.44. The lowest BCUT2D eigenvalue weighted by Gasteiger charge is -1.99. The van der Waals surface area contributed by atoms with Crippen molar-refractivity contribution >= 4 is 17.3 Å². The highest BCUT2D eigenvalue weighted by Gasteiger charge is 2.17. The molecule has 0 atom stereocenters. The molecule has 1 rings (SSSR count). The van der Waals surface area contributed by atoms with Crippen molar-refractivity contribution in [1.82, 2.24) is 4.57 Å². The number of carbonyl (C=O) groups excluding carboxylic acids is 3. The largest absolute Gasteiger partial charge is 0.348 e. The zero-order chi connectivity index (χ0) is 11.6. The van der Waals surface area contributed by atoms with Gasteiger partial charge in [0.05, 0.1) is 12.1 Å². The minimum Gasteiger partial charge on any atom is -0.348 e. The number of hydrogen-bond acceptors (Lipinski definition) is 3. The molecule has 0 radical (unpaired) electrons. The van der Waals surface area contributed by atoms with E-state index in [1.165, 1.54) is 6.92 Å². The van der Waals surface area contributed by atoms with Crippen LogP contribution in [0, 0.1) is 6.92 Å². The number of ketones is 3. The predicted octanol–water partition coefficient (Wildman–Crippen LogP) is 1.06. The van der Waals surface area contributed by atoms with Gasteiger partial charge in [0.1, 0.15) is 0 Å². The molecule has 0 saturated carbocycles. The number of nitrogens with zero attached hydrogens (tertiary/aromatic N) is 1. The molecule has 0 amide bonds. The number of carbonyl (C=O) groups is 3. The van der Waals surface area contributed by atoms with Crippen molar-refractivity contribution < 1.29 is 14.4 Å². The Balaban J connectivity index is 2.82. The minimum atomic E-state index is -0.640. The standard InChI is InChI=1S/C11H13NO3/c1-7-4-9(12(3)6-7)11(15)5-10(14)8(2)13/h4,6H,5H2,1-3H3. The SMILES string of the molecule is CC(=O)C(=O)CC(=O)c1cc(C)cn1C. The van der Waals surface area contributed by atoms with E-state index in [4.69, 9.17) is 0 Å². The molecule has 80 valence electrons. The van der Waals surface area contributed by atoms with Crippen molar-refractivity contribution in [3.05, 3.63) is 23.5 Å². The van der Waals surface area contributed by atoms with Crippen LogP contribution in [0.4, 0.5) is 0 Å². The summed E-state index contributed by atoms with van der Waals surface area (Å²) in [5.41, 5.74) is 1.42. The summed E-state index contributed by atoms with van der Waals surface area (Å²) < 4.78 is 1.66. The summed E-state index contributed by atoms with van der Waals surface area (Å²) in [5.74, 6) is -1.53. The summed E-state index contributed by atoms with van der Waals surface area (Å²) >= 11 is 0. The van der Waals surface area contributed by atoms with E-state index in [2.05, 4.69) is 0 Å². The molecule has 0 aliphatic heterocycles. The number of hydrogen-bond donors (Lipinski definition) is 0. The number of rotatable bonds is 4. The first kappa shape index (κ1) is 11.4. The van der Waals surface area contributed by atoms with Crippen LogP contribution in [0.25, 0.3) is 0 Å². The summed E-state index contributed by atoms with van der Waals surface area (Å²) in [5, 5.41) is 0. The number of aryl methyl sites for hydroxylation is 2. The summed E-state index contributed by atoms with van der Waals surface area (Å²) in [6.07, 6.45) is 1.46. The molecule has 0 saturated heterocycles. The molecule has 1 heterocycles. The van der Waals surface area contributed by atoms with Crippen LogP contribution < -0.4 is 0 Å². The first-order valence-corrected chi connectivity index (χ1v) is 4.61. The lowest BCUT2D eigenvalue weighted by Crippen LogP contribution is -2.16. The van der Waals surface area contributed by atoms with E-state index in [-0.39, 0.29) is 12.2 Å². The smallest absolute Gasteiger partial charge is 0.205 e. The Labute approximate surface area is 87.9 Å². The van der Waals surface area contributed by atoms with Crippen LogP contribution in [-0.4, -0.2) is 21.9 Å². The molecule has 4 nitrogen and oxygen atoms in total. The van der Waals surface area contributed by atoms with E-state index in [0.29, 0.717) is 5.69 Å². The Morgan fingerprint density at radius 1 is 1.33 bits per heavy atom. The second-order valence-corrected chi connectivity index (χ2v) is 3.59. The molecule has 15 heavy (non-hydrogen) atoms. The van der Waals surface area contributed by atoms with Gasteiger partial charge in [-0.15, -0.1) is 0 Å². The summed E-state index contributed by atoms with van der Waals surface area (Å²) in [7, 11) is 1.73. The van der Waals surface area contributed by atoms with Gasteiger partial charge in [0, 0.05) is 20.2 Å². The number of aromatic nitrogens is 1. The molecule has 0 N–H and O–H groups in total. The van der Waals surface area contributed by atoms with Gasteiger partial charge in [0.2, 0.25) is 5.78 Å². The maximum absolute atomic E-state index is 11.6. The van der Waals surface area contributed by atoms with Gasteiger partial charge in [0.15, 0.2) is 11.6 Å². The highest BCUT2D eigenvalue weighted by atomic mass is 16.2. The Bertz CT molecular complexity index is 429. The van der Waals surface area contributed by atoms with Crippen molar-refractivity contribution in [2.45, 2.75) is 20.3 Å². The lowest BCUT2D eigenvalue weighted by atomic mass is 10.1. The summed E-state index contributed by atoms with van der Waals surface area (Å²) in [6, 6.07) is 1.70. The van der Waals surface area contributed by atoms with Gasteiger partial charge in [-0.2, -0.15) is 0 Å². The second-order valence-electron chi connectivity index (χ2n) is 3.59. The van der Waals surface area contributed by atoms with Gasteiger partial charge < -0.3 is 4.57 Å². The van der Waals surface area contributed by atoms with Crippen LogP contribution in [0.5, 0.6) is 0 Å². The molecule has 0 fully saturated rings. The molecule has 0 aliphatic carbocycles. The maximum atomic E-state index is 11.6. The Morgan fingerprint density at radius 2 is 1.93 bits per heavy atom. The molecule has 0 bridgehead atoms. The van der Waals surface area contributed by atoms with E-state index in [0.717, 1.165) is 5.56 Å². The van der Waals surface area contributed by atoms with Crippen molar-refractivity contribution in [2.24, 2.45) is 7.05 Å². The molecule has 0 spiro atoms. The Hall–Kier alpha value is -1.71. The monoisotopic (exact) mass is 207 g/mol. The van der Waals surface area contributed by atoms with Gasteiger partial charge >= 0.3 is 0 Å². The third-order valence-electron chi connectivity index (χ3n) is 2.14. The first-order valence-electron chi connectivity index (χ1n) is 4.61. The van der Waals surface area contributed by atoms with Gasteiger partial charge in [-0.3, -0.25) is 14.4 Å². The minimum absolute atomic E-state index is 0.314. The van der Waals surface area contributed by atoms with Crippen LogP contribution >= 0.6 is 0 Å². The summed E-state index contributed by atoms with van der Waals surface area (Å²) in [4.78, 5) is 33.4. The third-order valence-corrected chi connectivity index (χ3v) is 2.14. The molecular weight excluding hydrogens is 194 g/mol. The molecule has 0 unspecified atom stereocenters. The fourth-order valence-corrected chi connectivity index (χ4v) is 1.37. The zero-order valence-electron chi connectivity index (χ0n) is 9.03. The lowest BCUT2D eigenvalue weighted by molar-refractivity contribution is -0.134. The zero-order valence-corrected chi connectivity index (χ0v) is 9.03. The van der Waals surface area contributed by atoms with Crippen LogP contribution in [0.1, 0.15) is 29.4 Å².